The largest absolute Gasteiger partial charge is 0.271 e. The van der Waals surface area contributed by atoms with E-state index >= 15 is 0 Å². The second-order valence-corrected chi connectivity index (χ2v) is 5.01. The summed E-state index contributed by atoms with van der Waals surface area (Å²) in [5.74, 6) is -0.436. The van der Waals surface area contributed by atoms with Gasteiger partial charge in [0, 0.05) is 33.3 Å². The van der Waals surface area contributed by atoms with Gasteiger partial charge in [-0.25, -0.2) is 5.43 Å². The van der Waals surface area contributed by atoms with Crippen LogP contribution in [0.3, 0.4) is 0 Å². The van der Waals surface area contributed by atoms with Gasteiger partial charge in [0.05, 0.1) is 11.1 Å². The number of amides is 1. The highest BCUT2D eigenvalue weighted by atomic mass is 35.5. The molecule has 22 heavy (non-hydrogen) atoms. The van der Waals surface area contributed by atoms with Crippen LogP contribution < -0.4 is 5.43 Å². The van der Waals surface area contributed by atoms with E-state index in [9.17, 15) is 14.9 Å². The summed E-state index contributed by atoms with van der Waals surface area (Å²) in [6.07, 6.45) is 1.24. The van der Waals surface area contributed by atoms with Crippen molar-refractivity contribution in [2.24, 2.45) is 5.10 Å². The lowest BCUT2D eigenvalue weighted by Gasteiger charge is -2.01. The number of nitrogens with zero attached hydrogens (tertiary/aromatic N) is 2. The Labute approximate surface area is 135 Å². The van der Waals surface area contributed by atoms with E-state index in [-0.39, 0.29) is 10.7 Å². The van der Waals surface area contributed by atoms with Crippen LogP contribution >= 0.6 is 23.2 Å². The molecule has 0 aromatic heterocycles. The predicted octanol–water partition coefficient (Wildman–Crippen LogP) is 3.67. The molecule has 2 rings (SSSR count). The highest BCUT2D eigenvalue weighted by Crippen LogP contribution is 2.20. The third kappa shape index (κ3) is 4.03. The lowest BCUT2D eigenvalue weighted by atomic mass is 10.2. The SMILES string of the molecule is O=C(NN=Cc1cc([N+](=O)[O-])ccc1Cl)c1ccc(Cl)cc1. The van der Waals surface area contributed by atoms with E-state index in [1.165, 1.54) is 24.4 Å². The first-order valence-electron chi connectivity index (χ1n) is 6.00. The molecule has 2 aromatic carbocycles. The highest BCUT2D eigenvalue weighted by molar-refractivity contribution is 6.33. The first kappa shape index (κ1) is 15.9. The Morgan fingerprint density at radius 2 is 1.86 bits per heavy atom. The van der Waals surface area contributed by atoms with Crippen LogP contribution in [0.5, 0.6) is 0 Å². The molecule has 0 bridgehead atoms. The monoisotopic (exact) mass is 337 g/mol. The first-order valence-corrected chi connectivity index (χ1v) is 6.76. The zero-order chi connectivity index (χ0) is 16.1. The van der Waals surface area contributed by atoms with Gasteiger partial charge in [0.15, 0.2) is 0 Å². The van der Waals surface area contributed by atoms with Crippen LogP contribution in [0, 0.1) is 10.1 Å². The van der Waals surface area contributed by atoms with E-state index in [0.29, 0.717) is 16.1 Å². The number of nitro benzene ring substituents is 1. The topological polar surface area (TPSA) is 84.6 Å². The smallest absolute Gasteiger partial charge is 0.267 e. The molecule has 0 spiro atoms. The lowest BCUT2D eigenvalue weighted by Crippen LogP contribution is -2.17. The summed E-state index contributed by atoms with van der Waals surface area (Å²) in [5.41, 5.74) is 2.89. The fourth-order valence-corrected chi connectivity index (χ4v) is 1.86. The maximum absolute atomic E-state index is 11.8. The summed E-state index contributed by atoms with van der Waals surface area (Å²) in [5, 5.41) is 15.2. The van der Waals surface area contributed by atoms with Crippen molar-refractivity contribution in [2.45, 2.75) is 0 Å². The van der Waals surface area contributed by atoms with E-state index < -0.39 is 10.8 Å². The van der Waals surface area contributed by atoms with E-state index in [1.54, 1.807) is 24.3 Å². The van der Waals surface area contributed by atoms with Crippen molar-refractivity contribution in [2.75, 3.05) is 0 Å². The average Bonchev–Trinajstić information content (AvgIpc) is 2.49. The molecule has 8 heteroatoms. The van der Waals surface area contributed by atoms with Gasteiger partial charge in [-0.2, -0.15) is 5.10 Å². The van der Waals surface area contributed by atoms with Crippen LogP contribution in [-0.2, 0) is 0 Å². The highest BCUT2D eigenvalue weighted by Gasteiger charge is 2.08. The molecule has 0 radical (unpaired) electrons. The number of benzene rings is 2. The molecule has 1 N–H and O–H groups in total. The van der Waals surface area contributed by atoms with E-state index in [4.69, 9.17) is 23.2 Å². The van der Waals surface area contributed by atoms with Crippen LogP contribution in [0.15, 0.2) is 47.6 Å². The third-order valence-electron chi connectivity index (χ3n) is 2.67. The van der Waals surface area contributed by atoms with Crippen LogP contribution in [0.4, 0.5) is 5.69 Å². The zero-order valence-electron chi connectivity index (χ0n) is 11.0. The van der Waals surface area contributed by atoms with Gasteiger partial charge >= 0.3 is 0 Å². The number of halogens is 2. The van der Waals surface area contributed by atoms with E-state index in [1.807, 2.05) is 0 Å². The van der Waals surface area contributed by atoms with Gasteiger partial charge in [-0.15, -0.1) is 0 Å². The van der Waals surface area contributed by atoms with Gasteiger partial charge in [0.25, 0.3) is 11.6 Å². The Hall–Kier alpha value is -2.44. The van der Waals surface area contributed by atoms with Crippen molar-refractivity contribution >= 4 is 41.0 Å². The molecule has 0 atom stereocenters. The number of rotatable bonds is 4. The van der Waals surface area contributed by atoms with Gasteiger partial charge in [-0.05, 0) is 30.3 Å². The summed E-state index contributed by atoms with van der Waals surface area (Å²) in [6, 6.07) is 10.2. The van der Waals surface area contributed by atoms with Crippen LogP contribution in [-0.4, -0.2) is 17.0 Å². The fraction of sp³-hybridized carbons (Fsp3) is 0. The van der Waals surface area contributed by atoms with Gasteiger partial charge < -0.3 is 0 Å². The molecular formula is C14H9Cl2N3O3. The Morgan fingerprint density at radius 3 is 2.50 bits per heavy atom. The van der Waals surface area contributed by atoms with Crippen molar-refractivity contribution in [3.63, 3.8) is 0 Å². The number of nitro groups is 1. The maximum Gasteiger partial charge on any atom is 0.271 e. The van der Waals surface area contributed by atoms with Crippen molar-refractivity contribution in [3.05, 3.63) is 73.8 Å². The van der Waals surface area contributed by atoms with Crippen molar-refractivity contribution in [1.29, 1.82) is 0 Å². The Morgan fingerprint density at radius 1 is 1.18 bits per heavy atom. The van der Waals surface area contributed by atoms with Gasteiger partial charge in [0.1, 0.15) is 0 Å². The average molecular weight is 338 g/mol. The summed E-state index contributed by atoms with van der Waals surface area (Å²) in [4.78, 5) is 22.0. The summed E-state index contributed by atoms with van der Waals surface area (Å²) < 4.78 is 0. The molecule has 0 aliphatic heterocycles. The second kappa shape index (κ2) is 7.02. The predicted molar refractivity (Wildman–Crippen MR) is 84.6 cm³/mol. The minimum Gasteiger partial charge on any atom is -0.267 e. The molecule has 2 aromatic rings. The van der Waals surface area contributed by atoms with Crippen LogP contribution in [0.25, 0.3) is 0 Å². The number of carbonyl (C=O) groups excluding carboxylic acids is 1. The number of nitrogens with one attached hydrogen (secondary N) is 1. The first-order chi connectivity index (χ1) is 10.5. The molecule has 0 heterocycles. The lowest BCUT2D eigenvalue weighted by molar-refractivity contribution is -0.384. The Kier molecular flexibility index (Phi) is 5.08. The molecular weight excluding hydrogens is 329 g/mol. The molecule has 0 aliphatic rings. The molecule has 6 nitrogen and oxygen atoms in total. The molecule has 1 amide bonds. The normalized spacial score (nSPS) is 10.6. The van der Waals surface area contributed by atoms with Crippen molar-refractivity contribution < 1.29 is 9.72 Å². The Bertz CT molecular complexity index is 745. The summed E-state index contributed by atoms with van der Waals surface area (Å²) in [6.45, 7) is 0. The molecule has 0 fully saturated rings. The van der Waals surface area contributed by atoms with Crippen molar-refractivity contribution in [1.82, 2.24) is 5.43 Å². The molecule has 0 aliphatic carbocycles. The number of hydrogen-bond donors (Lipinski definition) is 1. The van der Waals surface area contributed by atoms with Gasteiger partial charge in [0.2, 0.25) is 0 Å². The molecule has 112 valence electrons. The molecule has 0 saturated heterocycles. The number of hydrogen-bond acceptors (Lipinski definition) is 4. The summed E-state index contributed by atoms with van der Waals surface area (Å²) in [7, 11) is 0. The van der Waals surface area contributed by atoms with E-state index in [0.717, 1.165) is 0 Å². The fourth-order valence-electron chi connectivity index (χ4n) is 1.57. The molecule has 0 unspecified atom stereocenters. The van der Waals surface area contributed by atoms with Gasteiger partial charge in [-0.3, -0.25) is 14.9 Å². The zero-order valence-corrected chi connectivity index (χ0v) is 12.5. The van der Waals surface area contributed by atoms with Crippen molar-refractivity contribution in [3.8, 4) is 0 Å². The maximum atomic E-state index is 11.8. The Balaban J connectivity index is 2.09. The molecule has 0 saturated carbocycles. The van der Waals surface area contributed by atoms with Crippen LogP contribution in [0.2, 0.25) is 10.0 Å². The number of carbonyl (C=O) groups is 1. The van der Waals surface area contributed by atoms with Crippen LogP contribution in [0.1, 0.15) is 15.9 Å². The summed E-state index contributed by atoms with van der Waals surface area (Å²) >= 11 is 11.6. The standard InChI is InChI=1S/C14H9Cl2N3O3/c15-11-3-1-9(2-4-11)14(20)18-17-8-10-7-12(19(21)22)5-6-13(10)16/h1-8H,(H,18,20). The minimum absolute atomic E-state index is 0.116. The number of non-ortho nitro benzene ring substituents is 1. The van der Waals surface area contributed by atoms with E-state index in [2.05, 4.69) is 10.5 Å². The quantitative estimate of drug-likeness (QED) is 0.524. The third-order valence-corrected chi connectivity index (χ3v) is 3.26. The van der Waals surface area contributed by atoms with Gasteiger partial charge in [-0.1, -0.05) is 23.2 Å². The number of hydrazone groups is 1. The minimum atomic E-state index is -0.542. The second-order valence-electron chi connectivity index (χ2n) is 4.17.